The van der Waals surface area contributed by atoms with Gasteiger partial charge >= 0.3 is 0 Å². The number of thioether (sulfide) groups is 1. The van der Waals surface area contributed by atoms with Gasteiger partial charge in [0, 0.05) is 24.7 Å². The van der Waals surface area contributed by atoms with E-state index in [9.17, 15) is 13.2 Å². The molecule has 1 aliphatic heterocycles. The second kappa shape index (κ2) is 9.90. The largest absolute Gasteiger partial charge is 0.454 e. The number of aromatic nitrogens is 4. The number of carbonyl (C=O) groups excluding carboxylic acids is 1. The molecule has 4 aromatic rings. The van der Waals surface area contributed by atoms with Gasteiger partial charge < -0.3 is 14.8 Å². The SMILES string of the molecule is O=C(CSc1ccc2nnc(CCNS(=O)(=O)c3ccccc3)n2n1)Nc1ccc2c(c1)OCO2. The maximum atomic E-state index is 12.4. The van der Waals surface area contributed by atoms with Gasteiger partial charge in [-0.25, -0.2) is 13.1 Å². The Hall–Kier alpha value is -3.68. The van der Waals surface area contributed by atoms with Crippen LogP contribution in [0.5, 0.6) is 11.5 Å². The Morgan fingerprint density at radius 1 is 1.03 bits per heavy atom. The minimum absolute atomic E-state index is 0.134. The number of nitrogens with zero attached hydrogens (tertiary/aromatic N) is 4. The van der Waals surface area contributed by atoms with Gasteiger partial charge in [-0.15, -0.1) is 10.2 Å². The fourth-order valence-electron chi connectivity index (χ4n) is 3.34. The maximum Gasteiger partial charge on any atom is 0.240 e. The molecule has 35 heavy (non-hydrogen) atoms. The van der Waals surface area contributed by atoms with E-state index >= 15 is 0 Å². The Bertz CT molecular complexity index is 1480. The van der Waals surface area contributed by atoms with Crippen molar-refractivity contribution in [2.45, 2.75) is 16.3 Å². The third-order valence-corrected chi connectivity index (χ3v) is 7.40. The summed E-state index contributed by atoms with van der Waals surface area (Å²) >= 11 is 1.26. The summed E-state index contributed by atoms with van der Waals surface area (Å²) in [5, 5.41) is 16.1. The second-order valence-corrected chi connectivity index (χ2v) is 10.2. The zero-order valence-electron chi connectivity index (χ0n) is 18.2. The summed E-state index contributed by atoms with van der Waals surface area (Å²) in [5.41, 5.74) is 1.14. The van der Waals surface area contributed by atoms with Gasteiger partial charge in [-0.1, -0.05) is 30.0 Å². The third kappa shape index (κ3) is 5.37. The molecule has 5 rings (SSSR count). The number of nitrogens with one attached hydrogen (secondary N) is 2. The van der Waals surface area contributed by atoms with Crippen LogP contribution >= 0.6 is 11.8 Å². The number of rotatable bonds is 9. The number of ether oxygens (including phenoxy) is 2. The number of hydrogen-bond acceptors (Lipinski definition) is 9. The van der Waals surface area contributed by atoms with Crippen LogP contribution in [0.15, 0.2) is 70.6 Å². The molecule has 13 heteroatoms. The number of hydrogen-bond donors (Lipinski definition) is 2. The van der Waals surface area contributed by atoms with E-state index in [1.54, 1.807) is 53.0 Å². The third-order valence-electron chi connectivity index (χ3n) is 5.00. The standard InChI is InChI=1S/C22H20N6O5S2/c29-21(24-15-6-7-17-18(12-15)33-14-32-17)13-34-22-9-8-19-25-26-20(28(19)27-22)10-11-23-35(30,31)16-4-2-1-3-5-16/h1-9,12,23H,10-11,13-14H2,(H,24,29). The summed E-state index contributed by atoms with van der Waals surface area (Å²) in [6, 6.07) is 16.8. The van der Waals surface area contributed by atoms with Crippen molar-refractivity contribution in [1.82, 2.24) is 24.5 Å². The number of amides is 1. The Morgan fingerprint density at radius 3 is 2.71 bits per heavy atom. The van der Waals surface area contributed by atoms with Gasteiger partial charge in [0.1, 0.15) is 5.03 Å². The summed E-state index contributed by atoms with van der Waals surface area (Å²) in [7, 11) is -3.61. The number of benzene rings is 2. The van der Waals surface area contributed by atoms with Gasteiger partial charge in [0.05, 0.1) is 10.6 Å². The molecule has 2 aromatic heterocycles. The lowest BCUT2D eigenvalue weighted by Crippen LogP contribution is -2.26. The molecule has 0 saturated heterocycles. The highest BCUT2D eigenvalue weighted by atomic mass is 32.2. The van der Waals surface area contributed by atoms with Gasteiger partial charge in [0.15, 0.2) is 23.0 Å². The molecule has 1 amide bonds. The first-order valence-corrected chi connectivity index (χ1v) is 13.0. The quantitative estimate of drug-likeness (QED) is 0.323. The van der Waals surface area contributed by atoms with E-state index in [0.717, 1.165) is 0 Å². The van der Waals surface area contributed by atoms with Crippen LogP contribution in [0.25, 0.3) is 5.65 Å². The summed E-state index contributed by atoms with van der Waals surface area (Å²) in [6.45, 7) is 0.301. The van der Waals surface area contributed by atoms with Crippen molar-refractivity contribution >= 4 is 39.0 Å². The minimum atomic E-state index is -3.61. The van der Waals surface area contributed by atoms with E-state index in [1.807, 2.05) is 0 Å². The molecule has 0 bridgehead atoms. The number of sulfonamides is 1. The normalized spacial score (nSPS) is 12.7. The Kier molecular flexibility index (Phi) is 6.53. The highest BCUT2D eigenvalue weighted by molar-refractivity contribution is 7.99. The van der Waals surface area contributed by atoms with Crippen molar-refractivity contribution < 1.29 is 22.7 Å². The molecule has 0 saturated carbocycles. The second-order valence-electron chi connectivity index (χ2n) is 7.42. The van der Waals surface area contributed by atoms with Crippen LogP contribution in [0.3, 0.4) is 0 Å². The molecule has 0 atom stereocenters. The highest BCUT2D eigenvalue weighted by Gasteiger charge is 2.16. The Morgan fingerprint density at radius 2 is 1.86 bits per heavy atom. The van der Waals surface area contributed by atoms with Crippen LogP contribution in [0.1, 0.15) is 5.82 Å². The first-order chi connectivity index (χ1) is 17.0. The number of fused-ring (bicyclic) bond motifs is 2. The van der Waals surface area contributed by atoms with Crippen LogP contribution < -0.4 is 19.5 Å². The molecule has 3 heterocycles. The topological polar surface area (TPSA) is 137 Å². The van der Waals surface area contributed by atoms with Crippen LogP contribution in [0.2, 0.25) is 0 Å². The summed E-state index contributed by atoms with van der Waals surface area (Å²) in [6.07, 6.45) is 0.291. The highest BCUT2D eigenvalue weighted by Crippen LogP contribution is 2.34. The minimum Gasteiger partial charge on any atom is -0.454 e. The van der Waals surface area contributed by atoms with Crippen molar-refractivity contribution in [2.75, 3.05) is 24.4 Å². The summed E-state index contributed by atoms with van der Waals surface area (Å²) < 4.78 is 39.5. The average Bonchev–Trinajstić information content (AvgIpc) is 3.50. The molecule has 180 valence electrons. The van der Waals surface area contributed by atoms with Gasteiger partial charge in [0.2, 0.25) is 22.7 Å². The van der Waals surface area contributed by atoms with Crippen molar-refractivity contribution in [3.8, 4) is 11.5 Å². The van der Waals surface area contributed by atoms with Crippen LogP contribution in [-0.2, 0) is 21.2 Å². The molecule has 1 aliphatic rings. The molecule has 0 unspecified atom stereocenters. The van der Waals surface area contributed by atoms with Crippen molar-refractivity contribution in [3.05, 3.63) is 66.5 Å². The summed E-state index contributed by atoms with van der Waals surface area (Å²) in [5.74, 6) is 1.68. The molecule has 2 N–H and O–H groups in total. The van der Waals surface area contributed by atoms with Crippen molar-refractivity contribution in [1.29, 1.82) is 0 Å². The van der Waals surface area contributed by atoms with Crippen molar-refractivity contribution in [2.24, 2.45) is 0 Å². The van der Waals surface area contributed by atoms with E-state index in [2.05, 4.69) is 25.3 Å². The number of anilines is 1. The van der Waals surface area contributed by atoms with Crippen LogP contribution in [0, 0.1) is 0 Å². The molecule has 0 aliphatic carbocycles. The predicted octanol–water partition coefficient (Wildman–Crippen LogP) is 2.10. The predicted molar refractivity (Wildman–Crippen MR) is 128 cm³/mol. The van der Waals surface area contributed by atoms with Crippen molar-refractivity contribution in [3.63, 3.8) is 0 Å². The maximum absolute atomic E-state index is 12.4. The van der Waals surface area contributed by atoms with E-state index in [1.165, 1.54) is 23.9 Å². The fourth-order valence-corrected chi connectivity index (χ4v) is 5.05. The molecule has 11 nitrogen and oxygen atoms in total. The van der Waals surface area contributed by atoms with Gasteiger partial charge in [-0.3, -0.25) is 4.79 Å². The zero-order chi connectivity index (χ0) is 24.3. The molecule has 0 spiro atoms. The molecular weight excluding hydrogens is 492 g/mol. The van der Waals surface area contributed by atoms with Crippen LogP contribution in [0.4, 0.5) is 5.69 Å². The molecule has 0 fully saturated rings. The smallest absolute Gasteiger partial charge is 0.240 e. The Labute approximate surface area is 204 Å². The van der Waals surface area contributed by atoms with E-state index in [4.69, 9.17) is 9.47 Å². The van der Waals surface area contributed by atoms with Gasteiger partial charge in [-0.05, 0) is 36.4 Å². The average molecular weight is 513 g/mol. The monoisotopic (exact) mass is 512 g/mol. The van der Waals surface area contributed by atoms with E-state index in [-0.39, 0.29) is 29.9 Å². The van der Waals surface area contributed by atoms with E-state index < -0.39 is 10.0 Å². The number of carbonyl (C=O) groups is 1. The molecule has 2 aromatic carbocycles. The lowest BCUT2D eigenvalue weighted by Gasteiger charge is -2.07. The summed E-state index contributed by atoms with van der Waals surface area (Å²) in [4.78, 5) is 12.6. The molecular formula is C22H20N6O5S2. The fraction of sp³-hybridized carbons (Fsp3) is 0.182. The Balaban J connectivity index is 1.18. The van der Waals surface area contributed by atoms with Crippen LogP contribution in [-0.4, -0.2) is 53.2 Å². The lowest BCUT2D eigenvalue weighted by molar-refractivity contribution is -0.113. The zero-order valence-corrected chi connectivity index (χ0v) is 19.9. The van der Waals surface area contributed by atoms with E-state index in [0.29, 0.717) is 40.1 Å². The molecule has 0 radical (unpaired) electrons. The van der Waals surface area contributed by atoms with Gasteiger partial charge in [0.25, 0.3) is 0 Å². The first kappa shape index (κ1) is 23.1. The first-order valence-electron chi connectivity index (χ1n) is 10.6. The lowest BCUT2D eigenvalue weighted by atomic mass is 10.3. The van der Waals surface area contributed by atoms with Gasteiger partial charge in [-0.2, -0.15) is 9.61 Å².